The Morgan fingerprint density at radius 2 is 2.25 bits per heavy atom. The van der Waals surface area contributed by atoms with Crippen LogP contribution in [0.3, 0.4) is 0 Å². The number of aliphatic carboxylic acids is 1. The first-order valence-electron chi connectivity index (χ1n) is 4.64. The van der Waals surface area contributed by atoms with E-state index in [0.717, 1.165) is 0 Å². The number of aromatic nitrogens is 3. The maximum absolute atomic E-state index is 11.4. The Bertz CT molecular complexity index is 389. The van der Waals surface area contributed by atoms with Crippen LogP contribution in [0.2, 0.25) is 0 Å². The number of rotatable bonds is 5. The van der Waals surface area contributed by atoms with Crippen LogP contribution in [-0.2, 0) is 11.2 Å². The molecule has 1 atom stereocenters. The molecule has 88 valence electrons. The first-order chi connectivity index (χ1) is 7.58. The number of aliphatic hydroxyl groups is 1. The third kappa shape index (κ3) is 2.76. The Kier molecular flexibility index (Phi) is 3.95. The lowest BCUT2D eigenvalue weighted by Crippen LogP contribution is -2.43. The molecule has 0 radical (unpaired) electrons. The zero-order chi connectivity index (χ0) is 12.1. The number of H-pyrrole nitrogens is 1. The summed E-state index contributed by atoms with van der Waals surface area (Å²) in [6.07, 6.45) is 0.586. The van der Waals surface area contributed by atoms with Gasteiger partial charge in [0.25, 0.3) is 5.91 Å². The number of hydrogen-bond donors (Lipinski definition) is 4. The fraction of sp³-hybridized carbons (Fsp3) is 0.500. The van der Waals surface area contributed by atoms with Crippen LogP contribution in [0.1, 0.15) is 23.4 Å². The monoisotopic (exact) mass is 228 g/mol. The molecule has 1 heterocycles. The summed E-state index contributed by atoms with van der Waals surface area (Å²) in [5.41, 5.74) is 0. The molecule has 0 aliphatic heterocycles. The average Bonchev–Trinajstić information content (AvgIpc) is 2.73. The second kappa shape index (κ2) is 5.21. The Morgan fingerprint density at radius 1 is 1.56 bits per heavy atom. The van der Waals surface area contributed by atoms with Crippen molar-refractivity contribution < 1.29 is 19.8 Å². The summed E-state index contributed by atoms with van der Waals surface area (Å²) in [7, 11) is 0. The second-order valence-electron chi connectivity index (χ2n) is 3.01. The molecule has 0 saturated carbocycles. The van der Waals surface area contributed by atoms with Gasteiger partial charge in [0.05, 0.1) is 6.61 Å². The number of carbonyl (C=O) groups is 2. The normalized spacial score (nSPS) is 12.1. The van der Waals surface area contributed by atoms with E-state index < -0.39 is 24.5 Å². The number of carboxylic acids is 1. The van der Waals surface area contributed by atoms with Gasteiger partial charge in [-0.3, -0.25) is 9.89 Å². The van der Waals surface area contributed by atoms with Crippen LogP contribution < -0.4 is 5.32 Å². The highest BCUT2D eigenvalue weighted by Gasteiger charge is 2.21. The Morgan fingerprint density at radius 3 is 2.69 bits per heavy atom. The van der Waals surface area contributed by atoms with Crippen molar-refractivity contribution in [3.05, 3.63) is 11.6 Å². The van der Waals surface area contributed by atoms with Crippen LogP contribution in [0, 0.1) is 0 Å². The quantitative estimate of drug-likeness (QED) is 0.487. The molecule has 0 saturated heterocycles. The molecule has 0 unspecified atom stereocenters. The maximum Gasteiger partial charge on any atom is 0.328 e. The molecule has 16 heavy (non-hydrogen) atoms. The third-order valence-corrected chi connectivity index (χ3v) is 1.86. The summed E-state index contributed by atoms with van der Waals surface area (Å²) in [5, 5.41) is 25.5. The number of hydrogen-bond acceptors (Lipinski definition) is 5. The van der Waals surface area contributed by atoms with Crippen molar-refractivity contribution in [3.8, 4) is 0 Å². The SMILES string of the molecule is CCc1nc(C(=O)N[C@@H](CO)C(=O)O)n[nH]1. The number of nitrogens with one attached hydrogen (secondary N) is 2. The lowest BCUT2D eigenvalue weighted by atomic mass is 10.3. The van der Waals surface area contributed by atoms with Crippen molar-refractivity contribution in [2.45, 2.75) is 19.4 Å². The lowest BCUT2D eigenvalue weighted by molar-refractivity contribution is -0.140. The molecule has 0 fully saturated rings. The van der Waals surface area contributed by atoms with E-state index in [0.29, 0.717) is 12.2 Å². The number of nitrogens with zero attached hydrogens (tertiary/aromatic N) is 2. The zero-order valence-corrected chi connectivity index (χ0v) is 8.60. The number of carbonyl (C=O) groups excluding carboxylic acids is 1. The number of carboxylic acid groups (broad SMARTS) is 1. The topological polar surface area (TPSA) is 128 Å². The molecule has 0 aliphatic carbocycles. The van der Waals surface area contributed by atoms with Crippen molar-refractivity contribution in [2.24, 2.45) is 0 Å². The highest BCUT2D eigenvalue weighted by molar-refractivity contribution is 5.93. The third-order valence-electron chi connectivity index (χ3n) is 1.86. The molecule has 1 amide bonds. The van der Waals surface area contributed by atoms with Gasteiger partial charge in [0.15, 0.2) is 6.04 Å². The predicted molar refractivity (Wildman–Crippen MR) is 51.7 cm³/mol. The highest BCUT2D eigenvalue weighted by Crippen LogP contribution is 1.94. The van der Waals surface area contributed by atoms with Crippen LogP contribution >= 0.6 is 0 Å². The summed E-state index contributed by atoms with van der Waals surface area (Å²) in [6.45, 7) is 1.14. The molecule has 0 spiro atoms. The Labute approximate surface area is 90.7 Å². The molecule has 0 bridgehead atoms. The fourth-order valence-electron chi connectivity index (χ4n) is 0.963. The summed E-state index contributed by atoms with van der Waals surface area (Å²) >= 11 is 0. The number of amides is 1. The van der Waals surface area contributed by atoms with Gasteiger partial charge in [0.2, 0.25) is 5.82 Å². The van der Waals surface area contributed by atoms with Gasteiger partial charge in [-0.15, -0.1) is 5.10 Å². The summed E-state index contributed by atoms with van der Waals surface area (Å²) in [5.74, 6) is -1.67. The van der Waals surface area contributed by atoms with E-state index in [1.807, 2.05) is 6.92 Å². The average molecular weight is 228 g/mol. The maximum atomic E-state index is 11.4. The number of aliphatic hydroxyl groups excluding tert-OH is 1. The molecular formula is C8H12N4O4. The van der Waals surface area contributed by atoms with E-state index in [2.05, 4.69) is 20.5 Å². The van der Waals surface area contributed by atoms with E-state index in [1.165, 1.54) is 0 Å². The minimum Gasteiger partial charge on any atom is -0.480 e. The molecule has 1 aromatic heterocycles. The Balaban J connectivity index is 2.67. The van der Waals surface area contributed by atoms with Crippen LogP contribution in [-0.4, -0.2) is 49.9 Å². The van der Waals surface area contributed by atoms with Crippen molar-refractivity contribution in [1.82, 2.24) is 20.5 Å². The molecule has 0 aromatic carbocycles. The zero-order valence-electron chi connectivity index (χ0n) is 8.60. The van der Waals surface area contributed by atoms with Crippen LogP contribution in [0.25, 0.3) is 0 Å². The number of aromatic amines is 1. The van der Waals surface area contributed by atoms with Gasteiger partial charge in [-0.2, -0.15) is 0 Å². The van der Waals surface area contributed by atoms with E-state index in [1.54, 1.807) is 0 Å². The molecule has 0 aliphatic rings. The van der Waals surface area contributed by atoms with Gasteiger partial charge in [-0.05, 0) is 0 Å². The van der Waals surface area contributed by atoms with Gasteiger partial charge in [-0.1, -0.05) is 6.92 Å². The molecule has 1 aromatic rings. The minimum atomic E-state index is -1.35. The van der Waals surface area contributed by atoms with Gasteiger partial charge in [0.1, 0.15) is 5.82 Å². The Hall–Kier alpha value is -1.96. The standard InChI is InChI=1S/C8H12N4O4/c1-2-5-10-6(12-11-5)7(14)9-4(3-13)8(15)16/h4,13H,2-3H2,1H3,(H,9,14)(H,15,16)(H,10,11,12)/t4-/m0/s1. The fourth-order valence-corrected chi connectivity index (χ4v) is 0.963. The van der Waals surface area contributed by atoms with E-state index in [9.17, 15) is 9.59 Å². The molecular weight excluding hydrogens is 216 g/mol. The molecule has 8 nitrogen and oxygen atoms in total. The highest BCUT2D eigenvalue weighted by atomic mass is 16.4. The van der Waals surface area contributed by atoms with Crippen LogP contribution in [0.4, 0.5) is 0 Å². The molecule has 4 N–H and O–H groups in total. The van der Waals surface area contributed by atoms with Crippen LogP contribution in [0.15, 0.2) is 0 Å². The van der Waals surface area contributed by atoms with Gasteiger partial charge in [-0.25, -0.2) is 9.78 Å². The smallest absolute Gasteiger partial charge is 0.328 e. The minimum absolute atomic E-state index is 0.142. The lowest BCUT2D eigenvalue weighted by Gasteiger charge is -2.09. The number of aryl methyl sites for hydroxylation is 1. The van der Waals surface area contributed by atoms with Crippen LogP contribution in [0.5, 0.6) is 0 Å². The summed E-state index contributed by atoms with van der Waals surface area (Å²) < 4.78 is 0. The van der Waals surface area contributed by atoms with Crippen molar-refractivity contribution in [3.63, 3.8) is 0 Å². The first kappa shape index (κ1) is 12.1. The summed E-state index contributed by atoms with van der Waals surface area (Å²) in [4.78, 5) is 25.8. The predicted octanol–water partition coefficient (Wildman–Crippen LogP) is -1.46. The van der Waals surface area contributed by atoms with E-state index in [4.69, 9.17) is 10.2 Å². The van der Waals surface area contributed by atoms with Gasteiger partial charge < -0.3 is 15.5 Å². The van der Waals surface area contributed by atoms with E-state index in [-0.39, 0.29) is 5.82 Å². The second-order valence-corrected chi connectivity index (χ2v) is 3.01. The molecule has 8 heteroatoms. The van der Waals surface area contributed by atoms with Crippen molar-refractivity contribution in [2.75, 3.05) is 6.61 Å². The summed E-state index contributed by atoms with van der Waals surface area (Å²) in [6, 6.07) is -1.35. The van der Waals surface area contributed by atoms with Crippen molar-refractivity contribution in [1.29, 1.82) is 0 Å². The van der Waals surface area contributed by atoms with Crippen molar-refractivity contribution >= 4 is 11.9 Å². The van der Waals surface area contributed by atoms with E-state index >= 15 is 0 Å². The van der Waals surface area contributed by atoms with Gasteiger partial charge in [0, 0.05) is 6.42 Å². The van der Waals surface area contributed by atoms with Gasteiger partial charge >= 0.3 is 5.97 Å². The molecule has 1 rings (SSSR count). The first-order valence-corrected chi connectivity index (χ1v) is 4.64. The largest absolute Gasteiger partial charge is 0.480 e.